The van der Waals surface area contributed by atoms with Crippen molar-refractivity contribution in [2.45, 2.75) is 45.2 Å². The van der Waals surface area contributed by atoms with Gasteiger partial charge in [0.2, 0.25) is 0 Å². The van der Waals surface area contributed by atoms with Crippen molar-refractivity contribution >= 4 is 34.1 Å². The minimum atomic E-state index is -4.56. The van der Waals surface area contributed by atoms with Gasteiger partial charge in [0.1, 0.15) is 12.1 Å². The van der Waals surface area contributed by atoms with Gasteiger partial charge in [-0.1, -0.05) is 18.0 Å². The Balaban J connectivity index is 1.28. The molecule has 0 radical (unpaired) electrons. The molecule has 11 heteroatoms. The minimum absolute atomic E-state index is 0.0228. The van der Waals surface area contributed by atoms with E-state index in [1.165, 1.54) is 49.8 Å². The van der Waals surface area contributed by atoms with Gasteiger partial charge in [0.05, 0.1) is 5.39 Å². The van der Waals surface area contributed by atoms with Crippen molar-refractivity contribution in [2.24, 2.45) is 0 Å². The summed E-state index contributed by atoms with van der Waals surface area (Å²) >= 11 is 6.52. The number of likely N-dealkylation sites (tertiary alicyclic amines) is 1. The predicted octanol–water partition coefficient (Wildman–Crippen LogP) is 5.08. The van der Waals surface area contributed by atoms with Gasteiger partial charge in [0, 0.05) is 36.9 Å². The Labute approximate surface area is 213 Å². The second kappa shape index (κ2) is 10.4. The highest BCUT2D eigenvalue weighted by Gasteiger charge is 2.37. The molecule has 2 aromatic heterocycles. The highest BCUT2D eigenvalue weighted by molar-refractivity contribution is 6.31. The van der Waals surface area contributed by atoms with E-state index in [1.807, 2.05) is 11.0 Å². The van der Waals surface area contributed by atoms with E-state index >= 15 is 0 Å². The molecule has 1 N–H and O–H groups in total. The maximum Gasteiger partial charge on any atom is 0.433 e. The van der Waals surface area contributed by atoms with Crippen LogP contribution < -0.4 is 9.80 Å². The summed E-state index contributed by atoms with van der Waals surface area (Å²) in [6, 6.07) is 4.07. The molecular weight excluding hydrogens is 491 g/mol. The Morgan fingerprint density at radius 2 is 1.69 bits per heavy atom. The average molecular weight is 522 g/mol. The quantitative estimate of drug-likeness (QED) is 0.488. The van der Waals surface area contributed by atoms with Crippen molar-refractivity contribution in [2.75, 3.05) is 55.6 Å². The third kappa shape index (κ3) is 5.25. The second-order valence-electron chi connectivity index (χ2n) is 9.68. The monoisotopic (exact) mass is 521 g/mol. The molecule has 7 nitrogen and oxygen atoms in total. The van der Waals surface area contributed by atoms with E-state index in [4.69, 9.17) is 11.6 Å². The van der Waals surface area contributed by atoms with Gasteiger partial charge < -0.3 is 14.7 Å². The van der Waals surface area contributed by atoms with Gasteiger partial charge >= 0.3 is 6.18 Å². The zero-order valence-electron chi connectivity index (χ0n) is 20.4. The number of benzene rings is 1. The SMILES string of the molecule is Cc1c(CCCN2CCCCC2)cc(Cl)cc1N1CCN(c2ncnc3n[nH]c(C(F)(F)F)c23)CC1. The number of piperidine rings is 1. The molecule has 1 aromatic carbocycles. The number of hydrogen-bond donors (Lipinski definition) is 1. The molecule has 3 aromatic rings. The number of nitrogens with zero attached hydrogens (tertiary/aromatic N) is 6. The van der Waals surface area contributed by atoms with E-state index in [9.17, 15) is 13.2 Å². The molecule has 0 unspecified atom stereocenters. The van der Waals surface area contributed by atoms with E-state index in [0.717, 1.165) is 30.1 Å². The van der Waals surface area contributed by atoms with Crippen molar-refractivity contribution in [1.29, 1.82) is 0 Å². The number of anilines is 2. The van der Waals surface area contributed by atoms with Crippen molar-refractivity contribution in [1.82, 2.24) is 25.1 Å². The van der Waals surface area contributed by atoms with Crippen LogP contribution in [-0.4, -0.2) is 70.9 Å². The fourth-order valence-corrected chi connectivity index (χ4v) is 5.66. The summed E-state index contributed by atoms with van der Waals surface area (Å²) in [5, 5.41) is 6.47. The first kappa shape index (κ1) is 25.1. The number of aryl methyl sites for hydroxylation is 1. The lowest BCUT2D eigenvalue weighted by atomic mass is 10.0. The molecule has 0 saturated carbocycles. The average Bonchev–Trinajstić information content (AvgIpc) is 3.32. The van der Waals surface area contributed by atoms with Gasteiger partial charge in [-0.15, -0.1) is 0 Å². The summed E-state index contributed by atoms with van der Waals surface area (Å²) in [7, 11) is 0. The van der Waals surface area contributed by atoms with Crippen molar-refractivity contribution in [3.8, 4) is 0 Å². The third-order valence-electron chi connectivity index (χ3n) is 7.36. The highest BCUT2D eigenvalue weighted by Crippen LogP contribution is 2.37. The summed E-state index contributed by atoms with van der Waals surface area (Å²) < 4.78 is 40.6. The van der Waals surface area contributed by atoms with Crippen LogP contribution in [0.15, 0.2) is 18.5 Å². The Bertz CT molecular complexity index is 1200. The maximum atomic E-state index is 13.5. The largest absolute Gasteiger partial charge is 0.433 e. The van der Waals surface area contributed by atoms with E-state index in [-0.39, 0.29) is 16.9 Å². The molecule has 5 rings (SSSR count). The Kier molecular flexibility index (Phi) is 7.25. The predicted molar refractivity (Wildman–Crippen MR) is 136 cm³/mol. The number of hydrogen-bond acceptors (Lipinski definition) is 6. The third-order valence-corrected chi connectivity index (χ3v) is 7.57. The molecule has 0 spiro atoms. The smallest absolute Gasteiger partial charge is 0.368 e. The number of aromatic amines is 1. The molecular formula is C25H31ClF3N7. The fraction of sp³-hybridized carbons (Fsp3) is 0.560. The van der Waals surface area contributed by atoms with E-state index in [1.54, 1.807) is 0 Å². The molecule has 0 amide bonds. The zero-order chi connectivity index (χ0) is 25.3. The summed E-state index contributed by atoms with van der Waals surface area (Å²) in [6.07, 6.45) is 2.73. The summed E-state index contributed by atoms with van der Waals surface area (Å²) in [6.45, 7) is 8.02. The summed E-state index contributed by atoms with van der Waals surface area (Å²) in [5.74, 6) is 0.266. The number of halogens is 4. The molecule has 36 heavy (non-hydrogen) atoms. The normalized spacial score (nSPS) is 17.8. The lowest BCUT2D eigenvalue weighted by molar-refractivity contribution is -0.139. The van der Waals surface area contributed by atoms with Crippen LogP contribution >= 0.6 is 11.6 Å². The lowest BCUT2D eigenvalue weighted by Gasteiger charge is -2.38. The van der Waals surface area contributed by atoms with E-state index in [2.05, 4.69) is 43.0 Å². The van der Waals surface area contributed by atoms with Crippen LogP contribution in [0.5, 0.6) is 0 Å². The van der Waals surface area contributed by atoms with Crippen molar-refractivity contribution in [3.05, 3.63) is 40.3 Å². The Morgan fingerprint density at radius 1 is 0.972 bits per heavy atom. The first-order valence-corrected chi connectivity index (χ1v) is 13.0. The minimum Gasteiger partial charge on any atom is -0.368 e. The Morgan fingerprint density at radius 3 is 2.42 bits per heavy atom. The number of fused-ring (bicyclic) bond motifs is 1. The summed E-state index contributed by atoms with van der Waals surface area (Å²) in [5.41, 5.74) is 2.71. The lowest BCUT2D eigenvalue weighted by Crippen LogP contribution is -2.47. The topological polar surface area (TPSA) is 64.2 Å². The molecule has 0 aliphatic carbocycles. The molecule has 2 aliphatic heterocycles. The number of rotatable bonds is 6. The van der Waals surface area contributed by atoms with Gasteiger partial charge in [-0.3, -0.25) is 5.10 Å². The molecule has 2 saturated heterocycles. The second-order valence-corrected chi connectivity index (χ2v) is 10.1. The first-order valence-electron chi connectivity index (χ1n) is 12.6. The van der Waals surface area contributed by atoms with Crippen LogP contribution in [-0.2, 0) is 12.6 Å². The number of aromatic nitrogens is 4. The number of nitrogens with one attached hydrogen (secondary N) is 1. The molecule has 194 valence electrons. The van der Waals surface area contributed by atoms with Gasteiger partial charge in [-0.25, -0.2) is 9.97 Å². The Hall–Kier alpha value is -2.59. The standard InChI is InChI=1S/C25H31ClF3N7/c1-17-18(6-5-9-34-7-3-2-4-8-34)14-19(26)15-20(17)35-10-12-36(13-11-35)24-21-22(25(27,28)29)32-33-23(21)30-16-31-24/h14-16H,2-13H2,1H3,(H,30,31,32,33). The van der Waals surface area contributed by atoms with Crippen LogP contribution in [0.3, 0.4) is 0 Å². The molecule has 2 aliphatic rings. The van der Waals surface area contributed by atoms with Gasteiger partial charge in [0.15, 0.2) is 11.3 Å². The maximum absolute atomic E-state index is 13.5. The van der Waals surface area contributed by atoms with Crippen molar-refractivity contribution < 1.29 is 13.2 Å². The number of piperazine rings is 1. The van der Waals surface area contributed by atoms with E-state index < -0.39 is 11.9 Å². The molecule has 2 fully saturated rings. The fourth-order valence-electron chi connectivity index (χ4n) is 5.43. The van der Waals surface area contributed by atoms with Gasteiger partial charge in [-0.2, -0.15) is 18.3 Å². The number of H-pyrrole nitrogens is 1. The summed E-state index contributed by atoms with van der Waals surface area (Å²) in [4.78, 5) is 14.8. The highest BCUT2D eigenvalue weighted by atomic mass is 35.5. The molecule has 4 heterocycles. The van der Waals surface area contributed by atoms with Crippen molar-refractivity contribution in [3.63, 3.8) is 0 Å². The van der Waals surface area contributed by atoms with Crippen LogP contribution in [0.4, 0.5) is 24.7 Å². The van der Waals surface area contributed by atoms with Gasteiger partial charge in [-0.05, 0) is 75.5 Å². The van der Waals surface area contributed by atoms with Gasteiger partial charge in [0.25, 0.3) is 0 Å². The molecule has 0 bridgehead atoms. The van der Waals surface area contributed by atoms with Crippen LogP contribution in [0.25, 0.3) is 11.0 Å². The van der Waals surface area contributed by atoms with Crippen LogP contribution in [0.1, 0.15) is 42.5 Å². The van der Waals surface area contributed by atoms with Crippen LogP contribution in [0, 0.1) is 6.92 Å². The van der Waals surface area contributed by atoms with Crippen LogP contribution in [0.2, 0.25) is 5.02 Å². The first-order chi connectivity index (χ1) is 17.3. The molecule has 0 atom stereocenters. The van der Waals surface area contributed by atoms with E-state index in [0.29, 0.717) is 26.2 Å². The number of alkyl halides is 3. The zero-order valence-corrected chi connectivity index (χ0v) is 21.2.